The lowest BCUT2D eigenvalue weighted by atomic mass is 10.1. The zero-order chi connectivity index (χ0) is 24.1. The number of aryl methyl sites for hydroxylation is 1. The van der Waals surface area contributed by atoms with Crippen LogP contribution in [-0.4, -0.2) is 27.7 Å². The summed E-state index contributed by atoms with van der Waals surface area (Å²) in [6, 6.07) is 18.3. The Morgan fingerprint density at radius 2 is 1.91 bits per heavy atom. The Bertz CT molecular complexity index is 1300. The molecule has 1 aromatic heterocycles. The van der Waals surface area contributed by atoms with E-state index in [1.165, 1.54) is 11.3 Å². The topological polar surface area (TPSA) is 83.5 Å². The number of aromatic hydroxyl groups is 1. The minimum atomic E-state index is -0.320. The summed E-state index contributed by atoms with van der Waals surface area (Å²) in [4.78, 5) is 17.2. The quantitative estimate of drug-likeness (QED) is 0.160. The van der Waals surface area contributed by atoms with Crippen molar-refractivity contribution < 1.29 is 14.6 Å². The molecular weight excluding hydrogens is 466 g/mol. The summed E-state index contributed by atoms with van der Waals surface area (Å²) < 4.78 is 6.67. The van der Waals surface area contributed by atoms with Crippen LogP contribution in [0.1, 0.15) is 35.7 Å². The second-order valence-electron chi connectivity index (χ2n) is 7.81. The molecule has 174 valence electrons. The number of phenols is 1. The SMILES string of the molecule is CCCCOc1ccc(C(=O)NC(=S)Nc2cc(C)c(O)c(-c3nc4ccccc4s3)c2)cc1. The number of rotatable bonds is 7. The third kappa shape index (κ3) is 5.52. The lowest BCUT2D eigenvalue weighted by Gasteiger charge is -2.13. The van der Waals surface area contributed by atoms with E-state index in [0.717, 1.165) is 28.8 Å². The predicted molar refractivity (Wildman–Crippen MR) is 142 cm³/mol. The van der Waals surface area contributed by atoms with Gasteiger partial charge in [0.15, 0.2) is 5.11 Å². The molecule has 0 atom stereocenters. The van der Waals surface area contributed by atoms with E-state index in [0.29, 0.717) is 34.0 Å². The Labute approximate surface area is 207 Å². The number of fused-ring (bicyclic) bond motifs is 1. The molecule has 1 heterocycles. The van der Waals surface area contributed by atoms with Crippen LogP contribution in [0.5, 0.6) is 11.5 Å². The van der Waals surface area contributed by atoms with Crippen molar-refractivity contribution in [3.8, 4) is 22.1 Å². The van der Waals surface area contributed by atoms with Crippen molar-refractivity contribution in [1.82, 2.24) is 10.3 Å². The van der Waals surface area contributed by atoms with E-state index in [1.807, 2.05) is 31.2 Å². The first-order valence-corrected chi connectivity index (χ1v) is 12.2. The van der Waals surface area contributed by atoms with Gasteiger partial charge in [0, 0.05) is 11.3 Å². The lowest BCUT2D eigenvalue weighted by Crippen LogP contribution is -2.34. The fraction of sp³-hybridized carbons (Fsp3) is 0.192. The largest absolute Gasteiger partial charge is 0.507 e. The van der Waals surface area contributed by atoms with E-state index >= 15 is 0 Å². The van der Waals surface area contributed by atoms with Crippen LogP contribution in [0, 0.1) is 6.92 Å². The predicted octanol–water partition coefficient (Wildman–Crippen LogP) is 6.28. The highest BCUT2D eigenvalue weighted by atomic mass is 32.1. The van der Waals surface area contributed by atoms with Gasteiger partial charge in [-0.05, 0) is 79.7 Å². The summed E-state index contributed by atoms with van der Waals surface area (Å²) >= 11 is 6.86. The number of hydrogen-bond donors (Lipinski definition) is 3. The third-order valence-corrected chi connectivity index (χ3v) is 6.47. The molecule has 3 N–H and O–H groups in total. The minimum Gasteiger partial charge on any atom is -0.507 e. The summed E-state index contributed by atoms with van der Waals surface area (Å²) in [7, 11) is 0. The van der Waals surface area contributed by atoms with Crippen molar-refractivity contribution in [2.75, 3.05) is 11.9 Å². The summed E-state index contributed by atoms with van der Waals surface area (Å²) in [6.07, 6.45) is 2.05. The van der Waals surface area contributed by atoms with Crippen LogP contribution in [0.25, 0.3) is 20.8 Å². The Hall–Kier alpha value is -3.49. The van der Waals surface area contributed by atoms with Crippen molar-refractivity contribution in [3.05, 3.63) is 71.8 Å². The molecule has 0 saturated heterocycles. The summed E-state index contributed by atoms with van der Waals surface area (Å²) in [5.74, 6) is 0.577. The summed E-state index contributed by atoms with van der Waals surface area (Å²) in [5, 5.41) is 17.3. The van der Waals surface area contributed by atoms with Crippen LogP contribution >= 0.6 is 23.6 Å². The maximum Gasteiger partial charge on any atom is 0.257 e. The number of aromatic nitrogens is 1. The lowest BCUT2D eigenvalue weighted by molar-refractivity contribution is 0.0977. The fourth-order valence-electron chi connectivity index (χ4n) is 3.38. The van der Waals surface area contributed by atoms with Gasteiger partial charge < -0.3 is 15.2 Å². The number of amides is 1. The molecule has 0 radical (unpaired) electrons. The molecule has 0 fully saturated rings. The molecule has 6 nitrogen and oxygen atoms in total. The van der Waals surface area contributed by atoms with Gasteiger partial charge in [0.25, 0.3) is 5.91 Å². The van der Waals surface area contributed by atoms with Crippen LogP contribution < -0.4 is 15.4 Å². The van der Waals surface area contributed by atoms with Gasteiger partial charge in [-0.3, -0.25) is 10.1 Å². The van der Waals surface area contributed by atoms with E-state index in [1.54, 1.807) is 36.4 Å². The number of thiocarbonyl (C=S) groups is 1. The number of nitrogens with zero attached hydrogens (tertiary/aromatic N) is 1. The molecular formula is C26H25N3O3S2. The Morgan fingerprint density at radius 3 is 2.65 bits per heavy atom. The van der Waals surface area contributed by atoms with E-state index < -0.39 is 0 Å². The zero-order valence-electron chi connectivity index (χ0n) is 18.9. The van der Waals surface area contributed by atoms with Gasteiger partial charge in [-0.1, -0.05) is 25.5 Å². The molecule has 0 aliphatic heterocycles. The number of nitrogens with one attached hydrogen (secondary N) is 2. The fourth-order valence-corrected chi connectivity index (χ4v) is 4.57. The molecule has 8 heteroatoms. The summed E-state index contributed by atoms with van der Waals surface area (Å²) in [5.41, 5.74) is 3.28. The van der Waals surface area contributed by atoms with Gasteiger partial charge in [0.05, 0.1) is 22.4 Å². The average Bonchev–Trinajstić information content (AvgIpc) is 3.26. The van der Waals surface area contributed by atoms with Gasteiger partial charge in [-0.2, -0.15) is 0 Å². The highest BCUT2D eigenvalue weighted by Gasteiger charge is 2.15. The molecule has 3 aromatic carbocycles. The second kappa shape index (κ2) is 10.6. The normalized spacial score (nSPS) is 10.8. The second-order valence-corrected chi connectivity index (χ2v) is 9.25. The van der Waals surface area contributed by atoms with Gasteiger partial charge in [0.1, 0.15) is 16.5 Å². The highest BCUT2D eigenvalue weighted by Crippen LogP contribution is 2.38. The molecule has 0 aliphatic carbocycles. The number of phenolic OH excluding ortho intramolecular Hbond substituents is 1. The van der Waals surface area contributed by atoms with Crippen LogP contribution in [0.4, 0.5) is 5.69 Å². The molecule has 4 aromatic rings. The molecule has 4 rings (SSSR count). The minimum absolute atomic E-state index is 0.161. The molecule has 34 heavy (non-hydrogen) atoms. The van der Waals surface area contributed by atoms with Crippen LogP contribution in [-0.2, 0) is 0 Å². The van der Waals surface area contributed by atoms with Crippen molar-refractivity contribution in [3.63, 3.8) is 0 Å². The van der Waals surface area contributed by atoms with Gasteiger partial charge >= 0.3 is 0 Å². The number of anilines is 1. The van der Waals surface area contributed by atoms with Gasteiger partial charge in [-0.25, -0.2) is 4.98 Å². The first-order chi connectivity index (χ1) is 16.4. The smallest absolute Gasteiger partial charge is 0.257 e. The molecule has 0 bridgehead atoms. The van der Waals surface area contributed by atoms with Crippen molar-refractivity contribution in [2.24, 2.45) is 0 Å². The van der Waals surface area contributed by atoms with Crippen molar-refractivity contribution >= 4 is 50.5 Å². The van der Waals surface area contributed by atoms with Crippen LogP contribution in [0.15, 0.2) is 60.7 Å². The zero-order valence-corrected chi connectivity index (χ0v) is 20.6. The monoisotopic (exact) mass is 491 g/mol. The number of ether oxygens (including phenoxy) is 1. The van der Waals surface area contributed by atoms with E-state index in [2.05, 4.69) is 22.5 Å². The van der Waals surface area contributed by atoms with Crippen molar-refractivity contribution in [1.29, 1.82) is 0 Å². The van der Waals surface area contributed by atoms with E-state index in [4.69, 9.17) is 17.0 Å². The average molecular weight is 492 g/mol. The van der Waals surface area contributed by atoms with E-state index in [-0.39, 0.29) is 16.8 Å². The van der Waals surface area contributed by atoms with E-state index in [9.17, 15) is 9.90 Å². The first kappa shape index (κ1) is 23.7. The number of benzene rings is 3. The Kier molecular flexibility index (Phi) is 7.40. The maximum absolute atomic E-state index is 12.6. The van der Waals surface area contributed by atoms with Gasteiger partial charge in [-0.15, -0.1) is 11.3 Å². The number of para-hydroxylation sites is 1. The van der Waals surface area contributed by atoms with Crippen molar-refractivity contribution in [2.45, 2.75) is 26.7 Å². The Morgan fingerprint density at radius 1 is 1.15 bits per heavy atom. The maximum atomic E-state index is 12.6. The summed E-state index contributed by atoms with van der Waals surface area (Å²) in [6.45, 7) is 4.57. The molecule has 0 spiro atoms. The third-order valence-electron chi connectivity index (χ3n) is 5.19. The van der Waals surface area contributed by atoms with Crippen LogP contribution in [0.3, 0.4) is 0 Å². The number of carbonyl (C=O) groups excluding carboxylic acids is 1. The number of unbranched alkanes of at least 4 members (excludes halogenated alkanes) is 1. The number of hydrogen-bond acceptors (Lipinski definition) is 6. The Balaban J connectivity index is 1.45. The standard InChI is InChI=1S/C26H25N3O3S2/c1-3-4-13-32-19-11-9-17(10-12-19)24(31)29-26(33)27-18-14-16(2)23(30)20(15-18)25-28-21-7-5-6-8-22(21)34-25/h5-12,14-15,30H,3-4,13H2,1-2H3,(H2,27,29,31,33). The molecule has 0 unspecified atom stereocenters. The molecule has 0 aliphatic rings. The van der Waals surface area contributed by atoms with Crippen LogP contribution in [0.2, 0.25) is 0 Å². The van der Waals surface area contributed by atoms with Gasteiger partial charge in [0.2, 0.25) is 0 Å². The molecule has 0 saturated carbocycles. The molecule has 1 amide bonds. The number of thiazole rings is 1. The number of carbonyl (C=O) groups is 1. The highest BCUT2D eigenvalue weighted by molar-refractivity contribution is 7.80. The first-order valence-electron chi connectivity index (χ1n) is 11.0.